The van der Waals surface area contributed by atoms with Gasteiger partial charge in [-0.2, -0.15) is 0 Å². The second kappa shape index (κ2) is 3.84. The maximum Gasteiger partial charge on any atom is 0.185 e. The second-order valence-electron chi connectivity index (χ2n) is 1.98. The lowest BCUT2D eigenvalue weighted by Gasteiger charge is -2.01. The minimum absolute atomic E-state index is 0.0447. The van der Waals surface area contributed by atoms with Crippen LogP contribution in [0.25, 0.3) is 0 Å². The zero-order chi connectivity index (χ0) is 8.15. The molecule has 58 valence electrons. The van der Waals surface area contributed by atoms with Gasteiger partial charge in [-0.05, 0) is 6.92 Å². The third-order valence-corrected chi connectivity index (χ3v) is 0.993. The van der Waals surface area contributed by atoms with Crippen LogP contribution in [0.1, 0.15) is 6.92 Å². The van der Waals surface area contributed by atoms with Crippen molar-refractivity contribution in [2.75, 3.05) is 6.54 Å². The number of aliphatic imine (C=N–C) groups is 1. The molecule has 0 saturated heterocycles. The van der Waals surface area contributed by atoms with E-state index in [2.05, 4.69) is 4.99 Å². The number of hydrogen-bond acceptors (Lipinski definition) is 3. The quantitative estimate of drug-likeness (QED) is 0.320. The normalized spacial score (nSPS) is 12.2. The molecule has 0 bridgehead atoms. The second-order valence-corrected chi connectivity index (χ2v) is 1.98. The van der Waals surface area contributed by atoms with Crippen LogP contribution in [-0.4, -0.2) is 24.3 Å². The van der Waals surface area contributed by atoms with Gasteiger partial charge < -0.3 is 17.2 Å². The fourth-order valence-electron chi connectivity index (χ4n) is 0.332. The number of rotatable bonds is 3. The minimum atomic E-state index is -0.581. The van der Waals surface area contributed by atoms with Crippen LogP contribution >= 0.6 is 0 Å². The largest absolute Gasteiger partial charge is 0.370 e. The van der Waals surface area contributed by atoms with Crippen molar-refractivity contribution in [3.05, 3.63) is 0 Å². The van der Waals surface area contributed by atoms with Crippen LogP contribution in [0.4, 0.5) is 0 Å². The summed E-state index contributed by atoms with van der Waals surface area (Å²) in [7, 11) is 0. The lowest BCUT2D eigenvalue weighted by atomic mass is 10.2. The van der Waals surface area contributed by atoms with E-state index in [-0.39, 0.29) is 18.3 Å². The summed E-state index contributed by atoms with van der Waals surface area (Å²) in [5.41, 5.74) is 15.3. The van der Waals surface area contributed by atoms with Gasteiger partial charge in [0.05, 0.1) is 12.6 Å². The van der Waals surface area contributed by atoms with Gasteiger partial charge in [0, 0.05) is 0 Å². The monoisotopic (exact) mass is 144 g/mol. The molecule has 0 saturated carbocycles. The van der Waals surface area contributed by atoms with Crippen LogP contribution in [-0.2, 0) is 4.79 Å². The molecule has 10 heavy (non-hydrogen) atoms. The molecule has 0 spiro atoms. The first-order valence-electron chi connectivity index (χ1n) is 2.85. The van der Waals surface area contributed by atoms with Crippen molar-refractivity contribution in [2.24, 2.45) is 22.2 Å². The third-order valence-electron chi connectivity index (χ3n) is 0.993. The zero-order valence-electron chi connectivity index (χ0n) is 5.87. The van der Waals surface area contributed by atoms with Crippen molar-refractivity contribution in [1.82, 2.24) is 0 Å². The third kappa shape index (κ3) is 3.85. The van der Waals surface area contributed by atoms with Crippen molar-refractivity contribution < 1.29 is 4.79 Å². The molecule has 0 aliphatic heterocycles. The number of carbonyl (C=O) groups is 1. The van der Waals surface area contributed by atoms with E-state index in [1.54, 1.807) is 0 Å². The van der Waals surface area contributed by atoms with E-state index in [1.807, 2.05) is 0 Å². The standard InChI is InChI=1S/C5H12N4O/c1-3(10)4(6)2-9-5(7)8/h4H,2,6H2,1H3,(H4,7,8,9)/t4-/m0/s1. The maximum atomic E-state index is 10.5. The van der Waals surface area contributed by atoms with Gasteiger partial charge in [0.2, 0.25) is 0 Å². The summed E-state index contributed by atoms with van der Waals surface area (Å²) in [5, 5.41) is 0. The smallest absolute Gasteiger partial charge is 0.185 e. The van der Waals surface area contributed by atoms with Gasteiger partial charge in [-0.1, -0.05) is 0 Å². The predicted octanol–water partition coefficient (Wildman–Crippen LogP) is -1.82. The number of hydrogen-bond donors (Lipinski definition) is 3. The van der Waals surface area contributed by atoms with E-state index in [0.29, 0.717) is 0 Å². The molecule has 5 nitrogen and oxygen atoms in total. The summed E-state index contributed by atoms with van der Waals surface area (Å²) >= 11 is 0. The number of ketones is 1. The molecule has 0 aliphatic carbocycles. The van der Waals surface area contributed by atoms with Gasteiger partial charge in [-0.3, -0.25) is 9.79 Å². The summed E-state index contributed by atoms with van der Waals surface area (Å²) in [6.07, 6.45) is 0. The lowest BCUT2D eigenvalue weighted by molar-refractivity contribution is -0.117. The Morgan fingerprint density at radius 2 is 2.10 bits per heavy atom. The van der Waals surface area contributed by atoms with Gasteiger partial charge in [0.25, 0.3) is 0 Å². The Balaban J connectivity index is 3.70. The van der Waals surface area contributed by atoms with Crippen molar-refractivity contribution in [3.8, 4) is 0 Å². The summed E-state index contributed by atoms with van der Waals surface area (Å²) in [6.45, 7) is 1.56. The van der Waals surface area contributed by atoms with Crippen LogP contribution in [0, 0.1) is 0 Å². The van der Waals surface area contributed by atoms with Crippen LogP contribution in [0.2, 0.25) is 0 Å². The molecule has 6 N–H and O–H groups in total. The summed E-state index contributed by atoms with van der Waals surface area (Å²) < 4.78 is 0. The number of guanidine groups is 1. The van der Waals surface area contributed by atoms with E-state index in [4.69, 9.17) is 17.2 Å². The van der Waals surface area contributed by atoms with Crippen LogP contribution in [0.3, 0.4) is 0 Å². The minimum Gasteiger partial charge on any atom is -0.370 e. The molecular formula is C5H12N4O. The Morgan fingerprint density at radius 1 is 1.60 bits per heavy atom. The number of nitrogens with two attached hydrogens (primary N) is 3. The van der Waals surface area contributed by atoms with Gasteiger partial charge >= 0.3 is 0 Å². The highest BCUT2D eigenvalue weighted by Crippen LogP contribution is 1.80. The molecular weight excluding hydrogens is 132 g/mol. The Labute approximate surface area is 59.3 Å². The highest BCUT2D eigenvalue weighted by Gasteiger charge is 2.05. The molecule has 0 heterocycles. The zero-order valence-corrected chi connectivity index (χ0v) is 5.87. The van der Waals surface area contributed by atoms with Crippen LogP contribution < -0.4 is 17.2 Å². The average Bonchev–Trinajstić information content (AvgIpc) is 1.82. The lowest BCUT2D eigenvalue weighted by Crippen LogP contribution is -2.33. The Morgan fingerprint density at radius 3 is 2.40 bits per heavy atom. The Bertz CT molecular complexity index is 150. The molecule has 5 heteroatoms. The molecule has 0 amide bonds. The van der Waals surface area contributed by atoms with E-state index in [0.717, 1.165) is 0 Å². The highest BCUT2D eigenvalue weighted by atomic mass is 16.1. The highest BCUT2D eigenvalue weighted by molar-refractivity contribution is 5.82. The first kappa shape index (κ1) is 8.90. The first-order valence-corrected chi connectivity index (χ1v) is 2.85. The first-order chi connectivity index (χ1) is 4.54. The summed E-state index contributed by atoms with van der Waals surface area (Å²) in [4.78, 5) is 14.1. The Hall–Kier alpha value is -1.10. The molecule has 1 atom stereocenters. The van der Waals surface area contributed by atoms with E-state index >= 15 is 0 Å². The number of carbonyl (C=O) groups excluding carboxylic acids is 1. The fraction of sp³-hybridized carbons (Fsp3) is 0.600. The molecule has 0 aromatic rings. The van der Waals surface area contributed by atoms with E-state index in [9.17, 15) is 4.79 Å². The van der Waals surface area contributed by atoms with Crippen LogP contribution in [0.5, 0.6) is 0 Å². The van der Waals surface area contributed by atoms with Crippen LogP contribution in [0.15, 0.2) is 4.99 Å². The van der Waals surface area contributed by atoms with Crippen molar-refractivity contribution in [1.29, 1.82) is 0 Å². The van der Waals surface area contributed by atoms with Gasteiger partial charge in [0.1, 0.15) is 5.78 Å². The van der Waals surface area contributed by atoms with Gasteiger partial charge in [-0.15, -0.1) is 0 Å². The molecule has 0 radical (unpaired) electrons. The molecule has 0 unspecified atom stereocenters. The van der Waals surface area contributed by atoms with Gasteiger partial charge in [-0.25, -0.2) is 0 Å². The molecule has 0 aromatic carbocycles. The predicted molar refractivity (Wildman–Crippen MR) is 39.3 cm³/mol. The molecule has 0 aliphatic rings. The molecule has 0 fully saturated rings. The SMILES string of the molecule is CC(=O)[C@@H](N)CN=C(N)N. The van der Waals surface area contributed by atoms with Crippen molar-refractivity contribution >= 4 is 11.7 Å². The fourth-order valence-corrected chi connectivity index (χ4v) is 0.332. The van der Waals surface area contributed by atoms with E-state index < -0.39 is 6.04 Å². The topological polar surface area (TPSA) is 107 Å². The number of Topliss-reactive ketones (excluding diaryl/α,β-unsaturated/α-hetero) is 1. The van der Waals surface area contributed by atoms with Crippen molar-refractivity contribution in [3.63, 3.8) is 0 Å². The van der Waals surface area contributed by atoms with Crippen molar-refractivity contribution in [2.45, 2.75) is 13.0 Å². The maximum absolute atomic E-state index is 10.5. The van der Waals surface area contributed by atoms with Gasteiger partial charge in [0.15, 0.2) is 5.96 Å². The van der Waals surface area contributed by atoms with E-state index in [1.165, 1.54) is 6.92 Å². The number of nitrogens with zero attached hydrogens (tertiary/aromatic N) is 1. The average molecular weight is 144 g/mol. The summed E-state index contributed by atoms with van der Waals surface area (Å²) in [6, 6.07) is -0.581. The molecule has 0 aromatic heterocycles. The molecule has 0 rings (SSSR count). The summed E-state index contributed by atoms with van der Waals surface area (Å²) in [5.74, 6) is -0.165. The Kier molecular flexibility index (Phi) is 3.42.